The SMILES string of the molecule is CNc1ccc(CCC=O)c(C)c1Cl. The van der Waals surface area contributed by atoms with E-state index in [2.05, 4.69) is 5.32 Å². The van der Waals surface area contributed by atoms with E-state index >= 15 is 0 Å². The lowest BCUT2D eigenvalue weighted by atomic mass is 10.0. The van der Waals surface area contributed by atoms with Crippen LogP contribution in [0.2, 0.25) is 5.02 Å². The van der Waals surface area contributed by atoms with Gasteiger partial charge in [-0.1, -0.05) is 17.7 Å². The van der Waals surface area contributed by atoms with Crippen LogP contribution in [0.15, 0.2) is 12.1 Å². The molecule has 1 N–H and O–H groups in total. The minimum atomic E-state index is 0.552. The molecule has 0 aromatic heterocycles. The van der Waals surface area contributed by atoms with Crippen molar-refractivity contribution in [3.05, 3.63) is 28.3 Å². The lowest BCUT2D eigenvalue weighted by molar-refractivity contribution is -0.107. The van der Waals surface area contributed by atoms with Gasteiger partial charge in [-0.2, -0.15) is 0 Å². The van der Waals surface area contributed by atoms with Gasteiger partial charge in [0.25, 0.3) is 0 Å². The number of carbonyl (C=O) groups is 1. The summed E-state index contributed by atoms with van der Waals surface area (Å²) in [6.07, 6.45) is 2.24. The predicted octanol–water partition coefficient (Wildman–Crippen LogP) is 2.82. The number of aryl methyl sites for hydroxylation is 1. The van der Waals surface area contributed by atoms with Crippen molar-refractivity contribution in [2.45, 2.75) is 19.8 Å². The summed E-state index contributed by atoms with van der Waals surface area (Å²) in [5.74, 6) is 0. The molecule has 0 fully saturated rings. The number of hydrogen-bond donors (Lipinski definition) is 1. The molecule has 3 heteroatoms. The van der Waals surface area contributed by atoms with E-state index in [-0.39, 0.29) is 0 Å². The summed E-state index contributed by atoms with van der Waals surface area (Å²) in [4.78, 5) is 10.3. The molecule has 14 heavy (non-hydrogen) atoms. The second kappa shape index (κ2) is 5.01. The summed E-state index contributed by atoms with van der Waals surface area (Å²) in [6, 6.07) is 3.95. The quantitative estimate of drug-likeness (QED) is 0.776. The lowest BCUT2D eigenvalue weighted by Crippen LogP contribution is -1.96. The molecule has 0 heterocycles. The maximum absolute atomic E-state index is 10.3. The molecule has 0 amide bonds. The Hall–Kier alpha value is -1.02. The zero-order chi connectivity index (χ0) is 10.6. The Bertz CT molecular complexity index is 336. The van der Waals surface area contributed by atoms with Crippen LogP contribution in [0.5, 0.6) is 0 Å². The van der Waals surface area contributed by atoms with Gasteiger partial charge in [0.15, 0.2) is 0 Å². The fourth-order valence-corrected chi connectivity index (χ4v) is 1.68. The summed E-state index contributed by atoms with van der Waals surface area (Å²) in [7, 11) is 1.84. The van der Waals surface area contributed by atoms with Crippen molar-refractivity contribution in [3.63, 3.8) is 0 Å². The highest BCUT2D eigenvalue weighted by Gasteiger charge is 2.06. The fraction of sp³-hybridized carbons (Fsp3) is 0.364. The number of rotatable bonds is 4. The van der Waals surface area contributed by atoms with Crippen LogP contribution in [0.4, 0.5) is 5.69 Å². The summed E-state index contributed by atoms with van der Waals surface area (Å²) < 4.78 is 0. The second-order valence-electron chi connectivity index (χ2n) is 3.17. The molecule has 1 aromatic rings. The molecular weight excluding hydrogens is 198 g/mol. The standard InChI is InChI=1S/C11H14ClNO/c1-8-9(4-3-7-14)5-6-10(13-2)11(8)12/h5-7,13H,3-4H2,1-2H3. The van der Waals surface area contributed by atoms with Crippen molar-refractivity contribution in [1.29, 1.82) is 0 Å². The van der Waals surface area contributed by atoms with E-state index in [4.69, 9.17) is 11.6 Å². The topological polar surface area (TPSA) is 29.1 Å². The van der Waals surface area contributed by atoms with Crippen molar-refractivity contribution >= 4 is 23.6 Å². The van der Waals surface area contributed by atoms with Crippen molar-refractivity contribution < 1.29 is 4.79 Å². The fourth-order valence-electron chi connectivity index (χ4n) is 1.40. The smallest absolute Gasteiger partial charge is 0.120 e. The Morgan fingerprint density at radius 1 is 1.50 bits per heavy atom. The molecule has 0 aliphatic carbocycles. The van der Waals surface area contributed by atoms with Gasteiger partial charge in [-0.25, -0.2) is 0 Å². The van der Waals surface area contributed by atoms with E-state index in [1.807, 2.05) is 26.1 Å². The third-order valence-electron chi connectivity index (χ3n) is 2.30. The van der Waals surface area contributed by atoms with Crippen LogP contribution in [0.1, 0.15) is 17.5 Å². The van der Waals surface area contributed by atoms with Crippen LogP contribution >= 0.6 is 11.6 Å². The molecule has 0 saturated heterocycles. The Labute approximate surface area is 89.3 Å². The molecule has 0 radical (unpaired) electrons. The highest BCUT2D eigenvalue weighted by molar-refractivity contribution is 6.34. The first-order valence-corrected chi connectivity index (χ1v) is 4.98. The third-order valence-corrected chi connectivity index (χ3v) is 2.79. The number of benzene rings is 1. The molecule has 0 aliphatic heterocycles. The molecule has 0 atom stereocenters. The average Bonchev–Trinajstić information content (AvgIpc) is 2.20. The van der Waals surface area contributed by atoms with Gasteiger partial charge < -0.3 is 10.1 Å². The molecule has 0 aliphatic rings. The van der Waals surface area contributed by atoms with Gasteiger partial charge in [0.2, 0.25) is 0 Å². The third kappa shape index (κ3) is 2.26. The number of halogens is 1. The summed E-state index contributed by atoms with van der Waals surface area (Å²) in [6.45, 7) is 1.98. The summed E-state index contributed by atoms with van der Waals surface area (Å²) in [5.41, 5.74) is 3.13. The first-order chi connectivity index (χ1) is 6.70. The normalized spacial score (nSPS) is 9.93. The highest BCUT2D eigenvalue weighted by Crippen LogP contribution is 2.28. The zero-order valence-corrected chi connectivity index (χ0v) is 9.19. The van der Waals surface area contributed by atoms with Crippen molar-refractivity contribution in [3.8, 4) is 0 Å². The number of carbonyl (C=O) groups excluding carboxylic acids is 1. The van der Waals surface area contributed by atoms with Crippen LogP contribution in [-0.4, -0.2) is 13.3 Å². The van der Waals surface area contributed by atoms with E-state index in [1.165, 1.54) is 0 Å². The predicted molar refractivity (Wildman–Crippen MR) is 60.1 cm³/mol. The van der Waals surface area contributed by atoms with Crippen molar-refractivity contribution in [1.82, 2.24) is 0 Å². The van der Waals surface area contributed by atoms with Gasteiger partial charge in [-0.15, -0.1) is 0 Å². The maximum Gasteiger partial charge on any atom is 0.120 e. The maximum atomic E-state index is 10.3. The monoisotopic (exact) mass is 211 g/mol. The zero-order valence-electron chi connectivity index (χ0n) is 8.43. The minimum absolute atomic E-state index is 0.552. The number of anilines is 1. The Kier molecular flexibility index (Phi) is 3.96. The van der Waals surface area contributed by atoms with Gasteiger partial charge in [0.05, 0.1) is 10.7 Å². The van der Waals surface area contributed by atoms with Crippen LogP contribution in [0.25, 0.3) is 0 Å². The molecule has 0 saturated carbocycles. The van der Waals surface area contributed by atoms with Crippen molar-refractivity contribution in [2.24, 2.45) is 0 Å². The number of nitrogens with one attached hydrogen (secondary N) is 1. The van der Waals surface area contributed by atoms with E-state index in [0.29, 0.717) is 6.42 Å². The van der Waals surface area contributed by atoms with E-state index in [9.17, 15) is 4.79 Å². The number of hydrogen-bond acceptors (Lipinski definition) is 2. The summed E-state index contributed by atoms with van der Waals surface area (Å²) in [5, 5.41) is 3.76. The Morgan fingerprint density at radius 3 is 2.79 bits per heavy atom. The van der Waals surface area contributed by atoms with Gasteiger partial charge in [0.1, 0.15) is 6.29 Å². The molecule has 1 rings (SSSR count). The number of aldehydes is 1. The van der Waals surface area contributed by atoms with E-state index < -0.39 is 0 Å². The highest BCUT2D eigenvalue weighted by atomic mass is 35.5. The average molecular weight is 212 g/mol. The molecule has 1 aromatic carbocycles. The molecule has 0 unspecified atom stereocenters. The largest absolute Gasteiger partial charge is 0.387 e. The lowest BCUT2D eigenvalue weighted by Gasteiger charge is -2.10. The van der Waals surface area contributed by atoms with Crippen LogP contribution < -0.4 is 5.32 Å². The molecule has 0 spiro atoms. The first kappa shape index (κ1) is 11.1. The van der Waals surface area contributed by atoms with Gasteiger partial charge in [-0.05, 0) is 30.5 Å². The van der Waals surface area contributed by atoms with Crippen LogP contribution in [-0.2, 0) is 11.2 Å². The molecular formula is C11H14ClNO. The molecule has 76 valence electrons. The Balaban J connectivity index is 2.98. The van der Waals surface area contributed by atoms with Gasteiger partial charge in [0, 0.05) is 13.5 Å². The van der Waals surface area contributed by atoms with Gasteiger partial charge >= 0.3 is 0 Å². The van der Waals surface area contributed by atoms with Crippen LogP contribution in [0.3, 0.4) is 0 Å². The van der Waals surface area contributed by atoms with Gasteiger partial charge in [-0.3, -0.25) is 0 Å². The Morgan fingerprint density at radius 2 is 2.21 bits per heavy atom. The van der Waals surface area contributed by atoms with E-state index in [1.54, 1.807) is 0 Å². The van der Waals surface area contributed by atoms with E-state index in [0.717, 1.165) is 34.5 Å². The molecule has 2 nitrogen and oxygen atoms in total. The second-order valence-corrected chi connectivity index (χ2v) is 3.54. The molecule has 0 bridgehead atoms. The minimum Gasteiger partial charge on any atom is -0.387 e. The van der Waals surface area contributed by atoms with Crippen molar-refractivity contribution in [2.75, 3.05) is 12.4 Å². The summed E-state index contributed by atoms with van der Waals surface area (Å²) >= 11 is 6.13. The van der Waals surface area contributed by atoms with Crippen LogP contribution in [0, 0.1) is 6.92 Å². The first-order valence-electron chi connectivity index (χ1n) is 4.60.